The van der Waals surface area contributed by atoms with Crippen molar-refractivity contribution in [1.29, 1.82) is 0 Å². The minimum Gasteiger partial charge on any atom is -0.497 e. The van der Waals surface area contributed by atoms with Crippen molar-refractivity contribution in [3.8, 4) is 5.75 Å². The zero-order chi connectivity index (χ0) is 24.5. The number of nitrogens with one attached hydrogen (secondary N) is 1. The van der Waals surface area contributed by atoms with E-state index in [4.69, 9.17) is 20.8 Å². The summed E-state index contributed by atoms with van der Waals surface area (Å²) >= 11 is 5.91. The molecule has 1 N–H and O–H groups in total. The van der Waals surface area contributed by atoms with Crippen LogP contribution in [0.2, 0.25) is 5.02 Å². The number of nitrogens with zero attached hydrogens (tertiary/aromatic N) is 2. The van der Waals surface area contributed by atoms with Gasteiger partial charge >= 0.3 is 5.69 Å². The molecule has 0 aliphatic heterocycles. The molecule has 0 aliphatic rings. The molecule has 0 fully saturated rings. The molecule has 0 aliphatic carbocycles. The van der Waals surface area contributed by atoms with Crippen LogP contribution in [0.25, 0.3) is 22.1 Å². The van der Waals surface area contributed by atoms with Crippen molar-refractivity contribution in [1.82, 2.24) is 9.13 Å². The second-order valence-electron chi connectivity index (χ2n) is 7.94. The van der Waals surface area contributed by atoms with Crippen LogP contribution in [-0.2, 0) is 17.9 Å². The summed E-state index contributed by atoms with van der Waals surface area (Å²) in [6, 6.07) is 20.7. The number of amides is 1. The number of aromatic nitrogens is 2. The number of para-hydroxylation sites is 1. The first-order valence-electron chi connectivity index (χ1n) is 10.8. The molecule has 1 amide bonds. The fourth-order valence-electron chi connectivity index (χ4n) is 3.97. The van der Waals surface area contributed by atoms with Crippen molar-refractivity contribution in [3.05, 3.63) is 104 Å². The molecular formula is C26H20ClN3O5. The molecule has 0 bridgehead atoms. The Kier molecular flexibility index (Phi) is 5.88. The van der Waals surface area contributed by atoms with Gasteiger partial charge in [0.05, 0.1) is 13.7 Å². The molecule has 8 nitrogen and oxygen atoms in total. The normalized spacial score (nSPS) is 11.1. The van der Waals surface area contributed by atoms with Gasteiger partial charge in [-0.3, -0.25) is 18.7 Å². The smallest absolute Gasteiger partial charge is 0.332 e. The molecule has 0 unspecified atom stereocenters. The number of hydrogen-bond donors (Lipinski definition) is 1. The molecule has 3 aromatic carbocycles. The Morgan fingerprint density at radius 1 is 0.971 bits per heavy atom. The second-order valence-corrected chi connectivity index (χ2v) is 8.38. The number of furan rings is 1. The summed E-state index contributed by atoms with van der Waals surface area (Å²) in [4.78, 5) is 39.8. The number of rotatable bonds is 6. The van der Waals surface area contributed by atoms with E-state index in [9.17, 15) is 14.4 Å². The van der Waals surface area contributed by atoms with Crippen LogP contribution in [0.5, 0.6) is 5.75 Å². The molecule has 0 atom stereocenters. The molecule has 35 heavy (non-hydrogen) atoms. The molecule has 2 aromatic heterocycles. The minimum absolute atomic E-state index is 0.00739. The summed E-state index contributed by atoms with van der Waals surface area (Å²) in [5.74, 6) is 0.223. The Morgan fingerprint density at radius 2 is 1.69 bits per heavy atom. The number of hydrogen-bond acceptors (Lipinski definition) is 5. The number of carbonyl (C=O) groups excluding carboxylic acids is 1. The molecule has 176 valence electrons. The second kappa shape index (κ2) is 9.15. The molecule has 0 radical (unpaired) electrons. The Morgan fingerprint density at radius 3 is 2.40 bits per heavy atom. The molecule has 5 aromatic rings. The number of fused-ring (bicyclic) bond motifs is 3. The van der Waals surface area contributed by atoms with Crippen LogP contribution in [0.15, 0.2) is 86.8 Å². The lowest BCUT2D eigenvalue weighted by atomic mass is 10.2. The largest absolute Gasteiger partial charge is 0.497 e. The third-order valence-corrected chi connectivity index (χ3v) is 5.92. The van der Waals surface area contributed by atoms with E-state index in [0.29, 0.717) is 27.4 Å². The minimum atomic E-state index is -0.615. The van der Waals surface area contributed by atoms with Crippen molar-refractivity contribution in [2.24, 2.45) is 0 Å². The monoisotopic (exact) mass is 489 g/mol. The first-order chi connectivity index (χ1) is 16.9. The van der Waals surface area contributed by atoms with Gasteiger partial charge in [0.15, 0.2) is 0 Å². The summed E-state index contributed by atoms with van der Waals surface area (Å²) in [5.41, 5.74) is 0.826. The lowest BCUT2D eigenvalue weighted by molar-refractivity contribution is -0.116. The maximum absolute atomic E-state index is 13.6. The van der Waals surface area contributed by atoms with Gasteiger partial charge in [-0.05, 0) is 54.1 Å². The Balaban J connectivity index is 1.62. The molecule has 0 saturated carbocycles. The molecular weight excluding hydrogens is 470 g/mol. The maximum Gasteiger partial charge on any atom is 0.332 e. The first kappa shape index (κ1) is 22.5. The predicted molar refractivity (Wildman–Crippen MR) is 134 cm³/mol. The Labute approximate surface area is 203 Å². The predicted octanol–water partition coefficient (Wildman–Crippen LogP) is 4.26. The molecule has 9 heteroatoms. The number of carbonyl (C=O) groups is 1. The number of ether oxygens (including phenoxy) is 1. The van der Waals surface area contributed by atoms with Gasteiger partial charge in [0, 0.05) is 16.1 Å². The van der Waals surface area contributed by atoms with E-state index in [2.05, 4.69) is 5.32 Å². The Hall–Kier alpha value is -4.30. The van der Waals surface area contributed by atoms with Crippen molar-refractivity contribution in [2.45, 2.75) is 13.1 Å². The maximum atomic E-state index is 13.6. The third-order valence-electron chi connectivity index (χ3n) is 5.67. The van der Waals surface area contributed by atoms with Crippen molar-refractivity contribution < 1.29 is 13.9 Å². The molecule has 5 rings (SSSR count). The van der Waals surface area contributed by atoms with Crippen LogP contribution in [0.4, 0.5) is 5.69 Å². The fraction of sp³-hybridized carbons (Fsp3) is 0.115. The van der Waals surface area contributed by atoms with Crippen molar-refractivity contribution in [2.75, 3.05) is 12.4 Å². The molecule has 0 saturated heterocycles. The van der Waals surface area contributed by atoms with E-state index in [0.717, 1.165) is 10.1 Å². The Bertz CT molecular complexity index is 1660. The van der Waals surface area contributed by atoms with Gasteiger partial charge in [0.2, 0.25) is 11.5 Å². The number of anilines is 1. The van der Waals surface area contributed by atoms with Crippen LogP contribution in [0, 0.1) is 0 Å². The summed E-state index contributed by atoms with van der Waals surface area (Å²) in [6.07, 6.45) is 0. The van der Waals surface area contributed by atoms with E-state index in [1.54, 1.807) is 79.9 Å². The average molecular weight is 490 g/mol. The van der Waals surface area contributed by atoms with Crippen molar-refractivity contribution >= 4 is 45.3 Å². The molecule has 2 heterocycles. The number of benzene rings is 3. The lowest BCUT2D eigenvalue weighted by Gasteiger charge is -2.12. The highest BCUT2D eigenvalue weighted by molar-refractivity contribution is 6.30. The topological polar surface area (TPSA) is 95.5 Å². The summed E-state index contributed by atoms with van der Waals surface area (Å²) in [6.45, 7) is -0.308. The van der Waals surface area contributed by atoms with E-state index >= 15 is 0 Å². The van der Waals surface area contributed by atoms with Gasteiger partial charge in [-0.25, -0.2) is 4.79 Å². The van der Waals surface area contributed by atoms with Crippen LogP contribution < -0.4 is 21.3 Å². The number of halogens is 1. The average Bonchev–Trinajstić information content (AvgIpc) is 3.26. The first-order valence-corrected chi connectivity index (χ1v) is 11.2. The third kappa shape index (κ3) is 4.31. The van der Waals surface area contributed by atoms with E-state index in [1.807, 2.05) is 0 Å². The highest BCUT2D eigenvalue weighted by Crippen LogP contribution is 2.25. The van der Waals surface area contributed by atoms with Crippen LogP contribution >= 0.6 is 11.6 Å². The SMILES string of the molecule is COc1ccc(Cn2c(=O)c3oc4ccccc4c3n(CC(=O)Nc3ccc(Cl)cc3)c2=O)cc1. The quantitative estimate of drug-likeness (QED) is 0.384. The van der Waals surface area contributed by atoms with Gasteiger partial charge in [-0.15, -0.1) is 0 Å². The van der Waals surface area contributed by atoms with Gasteiger partial charge in [-0.1, -0.05) is 35.9 Å². The van der Waals surface area contributed by atoms with Gasteiger partial charge in [0.25, 0.3) is 5.56 Å². The highest BCUT2D eigenvalue weighted by atomic mass is 35.5. The van der Waals surface area contributed by atoms with E-state index < -0.39 is 17.2 Å². The van der Waals surface area contributed by atoms with Crippen molar-refractivity contribution in [3.63, 3.8) is 0 Å². The summed E-state index contributed by atoms with van der Waals surface area (Å²) < 4.78 is 13.4. The summed E-state index contributed by atoms with van der Waals surface area (Å²) in [5, 5.41) is 3.87. The standard InChI is InChI=1S/C26H20ClN3O5/c1-34-19-12-6-16(7-13-19)14-30-25(32)24-23(20-4-2-3-5-21(20)35-24)29(26(30)33)15-22(31)28-18-10-8-17(27)9-11-18/h2-13H,14-15H2,1H3,(H,28,31). The van der Waals surface area contributed by atoms with Gasteiger partial charge in [0.1, 0.15) is 23.4 Å². The van der Waals surface area contributed by atoms with E-state index in [1.165, 1.54) is 4.57 Å². The van der Waals surface area contributed by atoms with Crippen LogP contribution in [0.3, 0.4) is 0 Å². The summed E-state index contributed by atoms with van der Waals surface area (Å²) in [7, 11) is 1.56. The fourth-order valence-corrected chi connectivity index (χ4v) is 4.10. The molecule has 0 spiro atoms. The van der Waals surface area contributed by atoms with Crippen LogP contribution in [0.1, 0.15) is 5.56 Å². The van der Waals surface area contributed by atoms with Gasteiger partial charge in [-0.2, -0.15) is 0 Å². The highest BCUT2D eigenvalue weighted by Gasteiger charge is 2.21. The number of methoxy groups -OCH3 is 1. The van der Waals surface area contributed by atoms with E-state index in [-0.39, 0.29) is 24.2 Å². The zero-order valence-electron chi connectivity index (χ0n) is 18.7. The van der Waals surface area contributed by atoms with Crippen LogP contribution in [-0.4, -0.2) is 22.2 Å². The lowest BCUT2D eigenvalue weighted by Crippen LogP contribution is -2.41. The zero-order valence-corrected chi connectivity index (χ0v) is 19.4. The van der Waals surface area contributed by atoms with Gasteiger partial charge < -0.3 is 14.5 Å².